The second-order valence-electron chi connectivity index (χ2n) is 6.55. The Kier molecular flexibility index (Phi) is 5.05. The highest BCUT2D eigenvalue weighted by Gasteiger charge is 2.39. The molecule has 0 N–H and O–H groups in total. The normalized spacial score (nSPS) is 13.5. The third-order valence-corrected chi connectivity index (χ3v) is 6.76. The summed E-state index contributed by atoms with van der Waals surface area (Å²) in [6.07, 6.45) is -0.0480. The van der Waals surface area contributed by atoms with Crippen molar-refractivity contribution in [1.82, 2.24) is 0 Å². The third-order valence-electron chi connectivity index (χ3n) is 3.87. The van der Waals surface area contributed by atoms with Gasteiger partial charge in [-0.25, -0.2) is 8.42 Å². The summed E-state index contributed by atoms with van der Waals surface area (Å²) in [6.45, 7) is 5.02. The Morgan fingerprint density at radius 3 is 1.87 bits per heavy atom. The van der Waals surface area contributed by atoms with Crippen molar-refractivity contribution in [3.05, 3.63) is 71.8 Å². The Morgan fingerprint density at radius 2 is 1.39 bits per heavy atom. The van der Waals surface area contributed by atoms with Gasteiger partial charge in [0.15, 0.2) is 15.6 Å². The zero-order chi connectivity index (χ0) is 17.1. The largest absolute Gasteiger partial charge is 0.294 e. The Morgan fingerprint density at radius 1 is 0.913 bits per heavy atom. The molecular formula is C19H22O3S. The van der Waals surface area contributed by atoms with Gasteiger partial charge in [0.05, 0.1) is 10.00 Å². The van der Waals surface area contributed by atoms with Crippen molar-refractivity contribution < 1.29 is 13.2 Å². The molecule has 3 nitrogen and oxygen atoms in total. The Bertz CT molecular complexity index is 757. The third kappa shape index (κ3) is 3.88. The quantitative estimate of drug-likeness (QED) is 0.772. The molecule has 0 spiro atoms. The fourth-order valence-electron chi connectivity index (χ4n) is 2.41. The summed E-state index contributed by atoms with van der Waals surface area (Å²) in [7, 11) is -3.52. The Balaban J connectivity index is 2.42. The van der Waals surface area contributed by atoms with Gasteiger partial charge in [0.2, 0.25) is 0 Å². The van der Waals surface area contributed by atoms with Gasteiger partial charge in [0.1, 0.15) is 0 Å². The van der Waals surface area contributed by atoms with E-state index in [2.05, 4.69) is 0 Å². The number of sulfone groups is 1. The molecule has 0 saturated heterocycles. The first-order valence-electron chi connectivity index (χ1n) is 7.60. The van der Waals surface area contributed by atoms with Crippen LogP contribution in [-0.2, 0) is 9.84 Å². The van der Waals surface area contributed by atoms with Crippen molar-refractivity contribution in [2.45, 2.75) is 37.2 Å². The lowest BCUT2D eigenvalue weighted by Gasteiger charge is -2.27. The molecule has 1 atom stereocenters. The van der Waals surface area contributed by atoms with Crippen LogP contribution in [0.25, 0.3) is 0 Å². The molecule has 2 rings (SSSR count). The number of benzene rings is 2. The van der Waals surface area contributed by atoms with Crippen molar-refractivity contribution in [2.75, 3.05) is 0 Å². The molecule has 0 radical (unpaired) electrons. The minimum atomic E-state index is -3.52. The standard InChI is InChI=1S/C19H22O3S/c1-19(2,3)23(21,22)18(16-12-8-5-9-13-16)14-17(20)15-10-6-4-7-11-15/h4-13,18H,14H2,1-3H3. The van der Waals surface area contributed by atoms with E-state index in [0.29, 0.717) is 11.1 Å². The molecule has 122 valence electrons. The molecule has 1 unspecified atom stereocenters. The Labute approximate surface area is 138 Å². The maximum Gasteiger partial charge on any atom is 0.164 e. The van der Waals surface area contributed by atoms with Gasteiger partial charge in [-0.05, 0) is 26.3 Å². The van der Waals surface area contributed by atoms with Crippen LogP contribution in [0, 0.1) is 0 Å². The predicted octanol–water partition coefficient (Wildman–Crippen LogP) is 4.21. The first kappa shape index (κ1) is 17.4. The molecule has 0 aromatic heterocycles. The van der Waals surface area contributed by atoms with E-state index in [1.807, 2.05) is 12.1 Å². The summed E-state index contributed by atoms with van der Waals surface area (Å²) in [5, 5.41) is -0.837. The van der Waals surface area contributed by atoms with Crippen molar-refractivity contribution in [2.24, 2.45) is 0 Å². The number of Topliss-reactive ketones (excluding diaryl/α,β-unsaturated/α-hetero) is 1. The second-order valence-corrected chi connectivity index (χ2v) is 9.43. The SMILES string of the molecule is CC(C)(C)S(=O)(=O)C(CC(=O)c1ccccc1)c1ccccc1. The first-order chi connectivity index (χ1) is 10.7. The van der Waals surface area contributed by atoms with Crippen LogP contribution in [0.5, 0.6) is 0 Å². The van der Waals surface area contributed by atoms with E-state index in [-0.39, 0.29) is 12.2 Å². The van der Waals surface area contributed by atoms with E-state index in [1.165, 1.54) is 0 Å². The number of rotatable bonds is 5. The zero-order valence-electron chi connectivity index (χ0n) is 13.7. The van der Waals surface area contributed by atoms with Crippen molar-refractivity contribution >= 4 is 15.6 Å². The monoisotopic (exact) mass is 330 g/mol. The summed E-state index contributed by atoms with van der Waals surface area (Å²) in [6, 6.07) is 17.8. The van der Waals surface area contributed by atoms with Crippen LogP contribution in [0.2, 0.25) is 0 Å². The molecule has 23 heavy (non-hydrogen) atoms. The maximum atomic E-state index is 13.0. The molecule has 0 fully saturated rings. The highest BCUT2D eigenvalue weighted by Crippen LogP contribution is 2.35. The summed E-state index contributed by atoms with van der Waals surface area (Å²) in [5.74, 6) is -0.160. The van der Waals surface area contributed by atoms with Crippen molar-refractivity contribution in [3.63, 3.8) is 0 Å². The molecule has 0 aliphatic rings. The van der Waals surface area contributed by atoms with E-state index in [1.54, 1.807) is 69.3 Å². The molecule has 0 amide bonds. The average Bonchev–Trinajstić information content (AvgIpc) is 2.52. The number of carbonyl (C=O) groups excluding carboxylic acids is 1. The smallest absolute Gasteiger partial charge is 0.164 e. The van der Waals surface area contributed by atoms with Gasteiger partial charge in [0.25, 0.3) is 0 Å². The number of hydrogen-bond acceptors (Lipinski definition) is 3. The van der Waals surface area contributed by atoms with Gasteiger partial charge in [0, 0.05) is 12.0 Å². The van der Waals surface area contributed by atoms with E-state index < -0.39 is 19.8 Å². The summed E-state index contributed by atoms with van der Waals surface area (Å²) in [4.78, 5) is 12.5. The molecule has 0 heterocycles. The van der Waals surface area contributed by atoms with Gasteiger partial charge < -0.3 is 0 Å². The van der Waals surface area contributed by atoms with Crippen LogP contribution in [0.1, 0.15) is 48.4 Å². The summed E-state index contributed by atoms with van der Waals surface area (Å²) >= 11 is 0. The van der Waals surface area contributed by atoms with Crippen LogP contribution in [0.3, 0.4) is 0 Å². The second kappa shape index (κ2) is 6.67. The lowest BCUT2D eigenvalue weighted by molar-refractivity contribution is 0.0980. The van der Waals surface area contributed by atoms with Gasteiger partial charge in [-0.3, -0.25) is 4.79 Å². The van der Waals surface area contributed by atoms with Crippen LogP contribution in [0.4, 0.5) is 0 Å². The summed E-state index contributed by atoms with van der Waals surface area (Å²) in [5.41, 5.74) is 1.20. The van der Waals surface area contributed by atoms with Crippen LogP contribution >= 0.6 is 0 Å². The number of ketones is 1. The minimum Gasteiger partial charge on any atom is -0.294 e. The highest BCUT2D eigenvalue weighted by molar-refractivity contribution is 7.93. The average molecular weight is 330 g/mol. The highest BCUT2D eigenvalue weighted by atomic mass is 32.2. The molecule has 2 aromatic carbocycles. The fourth-order valence-corrected chi connectivity index (χ4v) is 4.15. The fraction of sp³-hybridized carbons (Fsp3) is 0.316. The number of hydrogen-bond donors (Lipinski definition) is 0. The topological polar surface area (TPSA) is 51.2 Å². The predicted molar refractivity (Wildman–Crippen MR) is 93.2 cm³/mol. The molecule has 4 heteroatoms. The van der Waals surface area contributed by atoms with Crippen molar-refractivity contribution in [1.29, 1.82) is 0 Å². The number of carbonyl (C=O) groups is 1. The van der Waals surface area contributed by atoms with Gasteiger partial charge in [-0.1, -0.05) is 60.7 Å². The van der Waals surface area contributed by atoms with E-state index in [9.17, 15) is 13.2 Å². The van der Waals surface area contributed by atoms with E-state index in [0.717, 1.165) is 0 Å². The zero-order valence-corrected chi connectivity index (χ0v) is 14.5. The van der Waals surface area contributed by atoms with Gasteiger partial charge >= 0.3 is 0 Å². The molecule has 0 aliphatic carbocycles. The van der Waals surface area contributed by atoms with Crippen LogP contribution < -0.4 is 0 Å². The lowest BCUT2D eigenvalue weighted by atomic mass is 10.0. The molecular weight excluding hydrogens is 308 g/mol. The lowest BCUT2D eigenvalue weighted by Crippen LogP contribution is -2.33. The minimum absolute atomic E-state index is 0.0480. The molecule has 0 bridgehead atoms. The summed E-state index contributed by atoms with van der Waals surface area (Å²) < 4.78 is 25.0. The van der Waals surface area contributed by atoms with Gasteiger partial charge in [-0.15, -0.1) is 0 Å². The van der Waals surface area contributed by atoms with Crippen molar-refractivity contribution in [3.8, 4) is 0 Å². The first-order valence-corrected chi connectivity index (χ1v) is 9.15. The molecule has 2 aromatic rings. The Hall–Kier alpha value is -1.94. The maximum absolute atomic E-state index is 13.0. The van der Waals surface area contributed by atoms with E-state index in [4.69, 9.17) is 0 Å². The molecule has 0 aliphatic heterocycles. The van der Waals surface area contributed by atoms with Gasteiger partial charge in [-0.2, -0.15) is 0 Å². The van der Waals surface area contributed by atoms with Crippen LogP contribution in [-0.4, -0.2) is 18.9 Å². The van der Waals surface area contributed by atoms with E-state index >= 15 is 0 Å². The van der Waals surface area contributed by atoms with Crippen LogP contribution in [0.15, 0.2) is 60.7 Å². The molecule has 0 saturated carbocycles.